The van der Waals surface area contributed by atoms with E-state index >= 15 is 0 Å². The standard InChI is InChI=1S/C24H31N5O.HI/c1-4-25-24(27-17-22(30)15-20-10-6-5-7-11-20)26-16-21-12-8-9-13-23(21)29-19(3)14-18(2)28-29;/h5-14,22,30H,4,15-17H2,1-3H3,(H2,25,26,27);1H. The number of aliphatic hydroxyl groups excluding tert-OH is 1. The molecule has 1 heterocycles. The van der Waals surface area contributed by atoms with Crippen LogP contribution in [-0.2, 0) is 13.0 Å². The van der Waals surface area contributed by atoms with Crippen molar-refractivity contribution >= 4 is 29.9 Å². The van der Waals surface area contributed by atoms with Crippen LogP contribution in [0.1, 0.15) is 29.4 Å². The largest absolute Gasteiger partial charge is 0.391 e. The van der Waals surface area contributed by atoms with E-state index in [-0.39, 0.29) is 24.0 Å². The Morgan fingerprint density at radius 1 is 1.06 bits per heavy atom. The molecule has 6 nitrogen and oxygen atoms in total. The lowest BCUT2D eigenvalue weighted by Crippen LogP contribution is -2.41. The zero-order valence-corrected chi connectivity index (χ0v) is 20.7. The number of nitrogens with zero attached hydrogens (tertiary/aromatic N) is 3. The second kappa shape index (κ2) is 12.5. The highest BCUT2D eigenvalue weighted by Crippen LogP contribution is 2.17. The summed E-state index contributed by atoms with van der Waals surface area (Å²) >= 11 is 0. The molecule has 1 aromatic heterocycles. The highest BCUT2D eigenvalue weighted by molar-refractivity contribution is 14.0. The number of nitrogens with one attached hydrogen (secondary N) is 2. The Kier molecular flexibility index (Phi) is 10.00. The van der Waals surface area contributed by atoms with Crippen LogP contribution in [-0.4, -0.2) is 40.0 Å². The fourth-order valence-corrected chi connectivity index (χ4v) is 3.40. The summed E-state index contributed by atoms with van der Waals surface area (Å²) in [6, 6.07) is 20.2. The van der Waals surface area contributed by atoms with Gasteiger partial charge < -0.3 is 15.7 Å². The Morgan fingerprint density at radius 3 is 2.45 bits per heavy atom. The van der Waals surface area contributed by atoms with E-state index in [0.717, 1.165) is 34.7 Å². The van der Waals surface area contributed by atoms with Gasteiger partial charge in [-0.05, 0) is 44.0 Å². The normalized spacial score (nSPS) is 12.2. The molecule has 2 aromatic carbocycles. The van der Waals surface area contributed by atoms with Gasteiger partial charge in [-0.2, -0.15) is 5.10 Å². The van der Waals surface area contributed by atoms with Gasteiger partial charge >= 0.3 is 0 Å². The molecular formula is C24H32IN5O. The van der Waals surface area contributed by atoms with Crippen LogP contribution in [0.2, 0.25) is 0 Å². The number of guanidine groups is 1. The molecule has 0 aliphatic heterocycles. The number of aliphatic hydroxyl groups is 1. The first-order chi connectivity index (χ1) is 14.6. The fraction of sp³-hybridized carbons (Fsp3) is 0.333. The first-order valence-electron chi connectivity index (χ1n) is 10.4. The lowest BCUT2D eigenvalue weighted by molar-refractivity contribution is 0.177. The molecule has 0 bridgehead atoms. The van der Waals surface area contributed by atoms with Crippen LogP contribution < -0.4 is 10.6 Å². The third-order valence-corrected chi connectivity index (χ3v) is 4.80. The summed E-state index contributed by atoms with van der Waals surface area (Å²) in [6.45, 7) is 7.78. The van der Waals surface area contributed by atoms with Crippen molar-refractivity contribution in [3.05, 3.63) is 83.2 Å². The third-order valence-electron chi connectivity index (χ3n) is 4.80. The predicted octanol–water partition coefficient (Wildman–Crippen LogP) is 3.77. The van der Waals surface area contributed by atoms with E-state index in [1.54, 1.807) is 0 Å². The highest BCUT2D eigenvalue weighted by Gasteiger charge is 2.10. The SMILES string of the molecule is CCNC(=NCc1ccccc1-n1nc(C)cc1C)NCC(O)Cc1ccccc1.I. The molecular weight excluding hydrogens is 501 g/mol. The van der Waals surface area contributed by atoms with Crippen molar-refractivity contribution in [3.8, 4) is 5.69 Å². The molecule has 0 aliphatic carbocycles. The molecule has 0 amide bonds. The van der Waals surface area contributed by atoms with Gasteiger partial charge in [0, 0.05) is 25.2 Å². The van der Waals surface area contributed by atoms with E-state index in [0.29, 0.717) is 25.5 Å². The zero-order chi connectivity index (χ0) is 21.3. The van der Waals surface area contributed by atoms with Gasteiger partial charge in [0.2, 0.25) is 0 Å². The van der Waals surface area contributed by atoms with Crippen molar-refractivity contribution in [1.29, 1.82) is 0 Å². The molecule has 0 radical (unpaired) electrons. The average molecular weight is 533 g/mol. The van der Waals surface area contributed by atoms with Crippen LogP contribution in [0.5, 0.6) is 0 Å². The molecule has 166 valence electrons. The molecule has 0 spiro atoms. The number of benzene rings is 2. The minimum absolute atomic E-state index is 0. The van der Waals surface area contributed by atoms with E-state index in [1.807, 2.05) is 61.0 Å². The lowest BCUT2D eigenvalue weighted by atomic mass is 10.1. The van der Waals surface area contributed by atoms with E-state index in [1.165, 1.54) is 0 Å². The summed E-state index contributed by atoms with van der Waals surface area (Å²) in [7, 11) is 0. The minimum atomic E-state index is -0.488. The number of para-hydroxylation sites is 1. The first kappa shape index (κ1) is 24.9. The van der Waals surface area contributed by atoms with E-state index < -0.39 is 6.10 Å². The van der Waals surface area contributed by atoms with Crippen LogP contribution in [0.25, 0.3) is 5.69 Å². The Morgan fingerprint density at radius 2 is 1.77 bits per heavy atom. The maximum atomic E-state index is 10.4. The number of aliphatic imine (C=N–C) groups is 1. The molecule has 1 atom stereocenters. The summed E-state index contributed by atoms with van der Waals surface area (Å²) in [4.78, 5) is 4.73. The molecule has 3 aromatic rings. The van der Waals surface area contributed by atoms with Gasteiger partial charge in [-0.1, -0.05) is 48.5 Å². The first-order valence-corrected chi connectivity index (χ1v) is 10.4. The van der Waals surface area contributed by atoms with Gasteiger partial charge in [-0.3, -0.25) is 0 Å². The Hall–Kier alpha value is -2.39. The molecule has 1 unspecified atom stereocenters. The summed E-state index contributed by atoms with van der Waals surface area (Å²) in [6.07, 6.45) is 0.117. The van der Waals surface area contributed by atoms with E-state index in [4.69, 9.17) is 4.99 Å². The summed E-state index contributed by atoms with van der Waals surface area (Å²) < 4.78 is 1.96. The number of rotatable bonds is 8. The zero-order valence-electron chi connectivity index (χ0n) is 18.4. The van der Waals surface area contributed by atoms with Gasteiger partial charge in [-0.25, -0.2) is 9.67 Å². The smallest absolute Gasteiger partial charge is 0.191 e. The van der Waals surface area contributed by atoms with Crippen molar-refractivity contribution in [2.75, 3.05) is 13.1 Å². The lowest BCUT2D eigenvalue weighted by Gasteiger charge is -2.16. The maximum absolute atomic E-state index is 10.4. The van der Waals surface area contributed by atoms with E-state index in [2.05, 4.69) is 40.9 Å². The third kappa shape index (κ3) is 7.36. The van der Waals surface area contributed by atoms with Gasteiger partial charge in [0.1, 0.15) is 0 Å². The highest BCUT2D eigenvalue weighted by atomic mass is 127. The molecule has 31 heavy (non-hydrogen) atoms. The fourth-order valence-electron chi connectivity index (χ4n) is 3.40. The number of aryl methyl sites for hydroxylation is 2. The minimum Gasteiger partial charge on any atom is -0.391 e. The number of aromatic nitrogens is 2. The number of halogens is 1. The van der Waals surface area contributed by atoms with Gasteiger partial charge in [0.25, 0.3) is 0 Å². The number of hydrogen-bond acceptors (Lipinski definition) is 3. The second-order valence-electron chi connectivity index (χ2n) is 7.39. The topological polar surface area (TPSA) is 74.5 Å². The van der Waals surface area contributed by atoms with Crippen LogP contribution >= 0.6 is 24.0 Å². The summed E-state index contributed by atoms with van der Waals surface area (Å²) in [5, 5.41) is 21.5. The molecule has 0 fully saturated rings. The monoisotopic (exact) mass is 533 g/mol. The maximum Gasteiger partial charge on any atom is 0.191 e. The Bertz CT molecular complexity index is 971. The van der Waals surface area contributed by atoms with Crippen molar-refractivity contribution < 1.29 is 5.11 Å². The average Bonchev–Trinajstić information content (AvgIpc) is 3.09. The van der Waals surface area contributed by atoms with Crippen molar-refractivity contribution in [2.24, 2.45) is 4.99 Å². The van der Waals surface area contributed by atoms with E-state index in [9.17, 15) is 5.11 Å². The van der Waals surface area contributed by atoms with Gasteiger partial charge in [0.15, 0.2) is 5.96 Å². The summed E-state index contributed by atoms with van der Waals surface area (Å²) in [5.74, 6) is 0.688. The van der Waals surface area contributed by atoms with Gasteiger partial charge in [0.05, 0.1) is 24.0 Å². The molecule has 0 saturated carbocycles. The molecule has 0 aliphatic rings. The molecule has 0 saturated heterocycles. The van der Waals surface area contributed by atoms with Crippen LogP contribution in [0.15, 0.2) is 65.7 Å². The second-order valence-corrected chi connectivity index (χ2v) is 7.39. The molecule has 3 N–H and O–H groups in total. The molecule has 3 rings (SSSR count). The van der Waals surface area contributed by atoms with Crippen molar-refractivity contribution in [2.45, 2.75) is 39.8 Å². The summed E-state index contributed by atoms with van der Waals surface area (Å²) in [5.41, 5.74) is 5.33. The van der Waals surface area contributed by atoms with Gasteiger partial charge in [-0.15, -0.1) is 24.0 Å². The van der Waals surface area contributed by atoms with Crippen molar-refractivity contribution in [1.82, 2.24) is 20.4 Å². The van der Waals surface area contributed by atoms with Crippen molar-refractivity contribution in [3.63, 3.8) is 0 Å². The van der Waals surface area contributed by atoms with Crippen LogP contribution in [0, 0.1) is 13.8 Å². The Labute approximate surface area is 201 Å². The Balaban J connectivity index is 0.00000341. The van der Waals surface area contributed by atoms with Crippen LogP contribution in [0.3, 0.4) is 0 Å². The quantitative estimate of drug-likeness (QED) is 0.234. The molecule has 7 heteroatoms. The number of hydrogen-bond donors (Lipinski definition) is 3. The van der Waals surface area contributed by atoms with Crippen LogP contribution in [0.4, 0.5) is 0 Å². The predicted molar refractivity (Wildman–Crippen MR) is 137 cm³/mol.